The number of cyclic esters (lactones) is 3. The number of fused-ring (bicyclic) bond motifs is 7. The van der Waals surface area contributed by atoms with Crippen LogP contribution in [0.1, 0.15) is 163 Å². The van der Waals surface area contributed by atoms with Gasteiger partial charge in [0.05, 0.1) is 23.0 Å². The molecule has 1 saturated heterocycles. The van der Waals surface area contributed by atoms with Gasteiger partial charge in [0.2, 0.25) is 6.29 Å². The monoisotopic (exact) mass is 896 g/mol. The third kappa shape index (κ3) is 7.83. The molecule has 2 heterocycles. The summed E-state index contributed by atoms with van der Waals surface area (Å²) in [5, 5.41) is 10.2. The SMILES string of the molecule is CC(C)CCCC(C)C1CCC2C3CCC4CC(C5=CC=C(OC(=O)c6ccc7c(c6)C(O)OC7=O)CC5)(c5ccc(OCC6=CC7C(=O)OC(=O)C7C=C6)cc5)CCC4(C)C3CCC12C. The first-order valence-electron chi connectivity index (χ1n) is 25.2. The maximum Gasteiger partial charge on any atom is 0.343 e. The van der Waals surface area contributed by atoms with E-state index in [0.29, 0.717) is 28.9 Å². The highest BCUT2D eigenvalue weighted by atomic mass is 16.6. The first-order chi connectivity index (χ1) is 31.7. The zero-order valence-electron chi connectivity index (χ0n) is 39.5. The number of rotatable bonds is 12. The number of benzene rings is 2. The van der Waals surface area contributed by atoms with Crippen LogP contribution in [0, 0.1) is 64.1 Å². The molecule has 2 aliphatic heterocycles. The molecule has 0 amide bonds. The van der Waals surface area contributed by atoms with Gasteiger partial charge in [-0.3, -0.25) is 9.59 Å². The first kappa shape index (κ1) is 45.0. The van der Waals surface area contributed by atoms with Crippen LogP contribution in [-0.2, 0) is 29.2 Å². The van der Waals surface area contributed by atoms with Crippen LogP contribution in [0.2, 0.25) is 0 Å². The van der Waals surface area contributed by atoms with Crippen LogP contribution in [0.4, 0.5) is 0 Å². The van der Waals surface area contributed by atoms with Crippen molar-refractivity contribution in [1.29, 1.82) is 0 Å². The third-order valence-corrected chi connectivity index (χ3v) is 18.7. The molecule has 8 aliphatic rings. The molecule has 2 aromatic rings. The summed E-state index contributed by atoms with van der Waals surface area (Å²) in [4.78, 5) is 49.8. The molecule has 0 bridgehead atoms. The van der Waals surface area contributed by atoms with E-state index in [-0.39, 0.29) is 28.7 Å². The lowest BCUT2D eigenvalue weighted by Gasteiger charge is -2.63. The van der Waals surface area contributed by atoms with E-state index in [1.807, 2.05) is 12.2 Å². The Morgan fingerprint density at radius 1 is 0.848 bits per heavy atom. The van der Waals surface area contributed by atoms with Crippen molar-refractivity contribution in [2.75, 3.05) is 6.61 Å². The molecular formula is C57H68O9. The average molecular weight is 897 g/mol. The van der Waals surface area contributed by atoms with E-state index in [4.69, 9.17) is 18.9 Å². The van der Waals surface area contributed by atoms with E-state index >= 15 is 0 Å². The highest BCUT2D eigenvalue weighted by Gasteiger charge is 2.62. The molecule has 350 valence electrons. The fourth-order valence-corrected chi connectivity index (χ4v) is 15.2. The summed E-state index contributed by atoms with van der Waals surface area (Å²) in [5.74, 6) is 3.52. The van der Waals surface area contributed by atoms with Crippen molar-refractivity contribution in [1.82, 2.24) is 0 Å². The largest absolute Gasteiger partial charge is 0.489 e. The van der Waals surface area contributed by atoms with Crippen molar-refractivity contribution in [3.63, 3.8) is 0 Å². The Kier molecular flexibility index (Phi) is 11.9. The summed E-state index contributed by atoms with van der Waals surface area (Å²) >= 11 is 0. The summed E-state index contributed by atoms with van der Waals surface area (Å²) in [6.45, 7) is 12.9. The topological polar surface area (TPSA) is 125 Å². The zero-order valence-corrected chi connectivity index (χ0v) is 39.5. The Morgan fingerprint density at radius 2 is 1.64 bits per heavy atom. The molecule has 10 rings (SSSR count). The number of carbonyl (C=O) groups is 4. The lowest BCUT2D eigenvalue weighted by atomic mass is 9.41. The first-order valence-corrected chi connectivity index (χ1v) is 25.2. The molecule has 9 heteroatoms. The molecule has 12 unspecified atom stereocenters. The fraction of sp³-hybridized carbons (Fsp3) is 0.579. The van der Waals surface area contributed by atoms with Gasteiger partial charge >= 0.3 is 23.9 Å². The number of ether oxygens (including phenoxy) is 4. The molecule has 0 aromatic heterocycles. The minimum absolute atomic E-state index is 0.184. The van der Waals surface area contributed by atoms with E-state index in [1.54, 1.807) is 18.2 Å². The van der Waals surface area contributed by atoms with Gasteiger partial charge < -0.3 is 24.1 Å². The van der Waals surface area contributed by atoms with Crippen LogP contribution in [0.3, 0.4) is 0 Å². The summed E-state index contributed by atoms with van der Waals surface area (Å²) in [7, 11) is 0. The van der Waals surface area contributed by atoms with Crippen LogP contribution in [0.15, 0.2) is 89.8 Å². The van der Waals surface area contributed by atoms with Gasteiger partial charge in [0.25, 0.3) is 0 Å². The molecule has 2 aromatic carbocycles. The van der Waals surface area contributed by atoms with Gasteiger partial charge in [0.15, 0.2) is 0 Å². The van der Waals surface area contributed by atoms with Gasteiger partial charge in [0.1, 0.15) is 18.1 Å². The Morgan fingerprint density at radius 3 is 2.41 bits per heavy atom. The normalized spacial score (nSPS) is 35.9. The Labute approximate surface area is 390 Å². The molecule has 6 aliphatic carbocycles. The molecule has 1 N–H and O–H groups in total. The van der Waals surface area contributed by atoms with Gasteiger partial charge in [-0.2, -0.15) is 0 Å². The van der Waals surface area contributed by atoms with Gasteiger partial charge in [-0.05, 0) is 164 Å². The van der Waals surface area contributed by atoms with Gasteiger partial charge in [-0.15, -0.1) is 0 Å². The second-order valence-corrected chi connectivity index (χ2v) is 22.5. The van der Waals surface area contributed by atoms with Crippen molar-refractivity contribution >= 4 is 23.9 Å². The molecule has 0 radical (unpaired) electrons. The highest BCUT2D eigenvalue weighted by Crippen LogP contribution is 2.70. The number of allylic oxidation sites excluding steroid dienone is 4. The van der Waals surface area contributed by atoms with Crippen molar-refractivity contribution in [2.45, 2.75) is 136 Å². The maximum absolute atomic E-state index is 13.4. The summed E-state index contributed by atoms with van der Waals surface area (Å²) in [5.41, 5.74) is 4.87. The van der Waals surface area contributed by atoms with Crippen LogP contribution < -0.4 is 4.74 Å². The molecule has 5 fully saturated rings. The zero-order chi connectivity index (χ0) is 46.1. The predicted molar refractivity (Wildman–Crippen MR) is 250 cm³/mol. The molecule has 12 atom stereocenters. The number of aliphatic hydroxyl groups is 1. The molecule has 0 spiro atoms. The quantitative estimate of drug-likeness (QED) is 0.126. The summed E-state index contributed by atoms with van der Waals surface area (Å²) in [6, 6.07) is 13.2. The van der Waals surface area contributed by atoms with E-state index in [2.05, 4.69) is 65.0 Å². The van der Waals surface area contributed by atoms with Crippen molar-refractivity contribution < 1.29 is 43.2 Å². The van der Waals surface area contributed by atoms with Crippen molar-refractivity contribution in [3.05, 3.63) is 112 Å². The number of hydrogen-bond acceptors (Lipinski definition) is 9. The Bertz CT molecular complexity index is 2400. The van der Waals surface area contributed by atoms with Gasteiger partial charge in [0, 0.05) is 17.4 Å². The lowest BCUT2D eigenvalue weighted by Crippen LogP contribution is -2.55. The van der Waals surface area contributed by atoms with Crippen molar-refractivity contribution in [2.24, 2.45) is 64.1 Å². The Balaban J connectivity index is 0.886. The van der Waals surface area contributed by atoms with E-state index < -0.39 is 42.0 Å². The van der Waals surface area contributed by atoms with Crippen LogP contribution in [0.25, 0.3) is 0 Å². The molecule has 9 nitrogen and oxygen atoms in total. The van der Waals surface area contributed by atoms with E-state index in [9.17, 15) is 24.3 Å². The highest BCUT2D eigenvalue weighted by molar-refractivity contribution is 5.99. The second kappa shape index (κ2) is 17.4. The number of esters is 4. The van der Waals surface area contributed by atoms with Crippen molar-refractivity contribution in [3.8, 4) is 5.75 Å². The minimum atomic E-state index is -1.39. The van der Waals surface area contributed by atoms with Crippen LogP contribution in [0.5, 0.6) is 5.75 Å². The minimum Gasteiger partial charge on any atom is -0.489 e. The lowest BCUT2D eigenvalue weighted by molar-refractivity contribution is -0.153. The van der Waals surface area contributed by atoms with Crippen LogP contribution in [-0.4, -0.2) is 35.6 Å². The fourth-order valence-electron chi connectivity index (χ4n) is 15.2. The van der Waals surface area contributed by atoms with E-state index in [1.165, 1.54) is 87.5 Å². The second-order valence-electron chi connectivity index (χ2n) is 22.5. The summed E-state index contributed by atoms with van der Waals surface area (Å²) < 4.78 is 22.0. The number of aliphatic hydroxyl groups excluding tert-OH is 1. The maximum atomic E-state index is 13.4. The predicted octanol–water partition coefficient (Wildman–Crippen LogP) is 11.9. The summed E-state index contributed by atoms with van der Waals surface area (Å²) in [6.07, 6.45) is 25.1. The smallest absolute Gasteiger partial charge is 0.343 e. The van der Waals surface area contributed by atoms with Gasteiger partial charge in [-0.25, -0.2) is 9.59 Å². The number of hydrogen-bond donors (Lipinski definition) is 1. The number of carbonyl (C=O) groups excluding carboxylic acids is 4. The third-order valence-electron chi connectivity index (χ3n) is 18.7. The molecule has 66 heavy (non-hydrogen) atoms. The average Bonchev–Trinajstić information content (AvgIpc) is 3.92. The molecular weight excluding hydrogens is 829 g/mol. The van der Waals surface area contributed by atoms with Gasteiger partial charge in [-0.1, -0.05) is 95.9 Å². The van der Waals surface area contributed by atoms with Crippen LogP contribution >= 0.6 is 0 Å². The standard InChI is InChI=1S/C57H68O9/c1-33(2)7-6-8-34(3)47-23-24-48-44-22-15-39-31-57(28-27-55(39,4)49(44)25-26-56(47,48)5,37-11-16-40(17-12-37)63-32-35-9-20-42-45(29-35)53(61)65-51(42)59)38-13-18-41(19-14-38)64-50(58)36-10-21-43-46(30-36)54(62)66-52(43)60/h9-13,16-18,20-21,29-30,33-34,39,42,44-45,47-49,54,62H,6-8,14-15,19,22-28,31-32H2,1-5H3. The Hall–Kier alpha value is -4.76. The van der Waals surface area contributed by atoms with E-state index in [0.717, 1.165) is 66.1 Å². The molecule has 4 saturated carbocycles.